The lowest BCUT2D eigenvalue weighted by atomic mass is 10.0. The van der Waals surface area contributed by atoms with Gasteiger partial charge < -0.3 is 14.8 Å². The van der Waals surface area contributed by atoms with Crippen molar-refractivity contribution in [3.8, 4) is 11.5 Å². The van der Waals surface area contributed by atoms with Crippen molar-refractivity contribution in [2.24, 2.45) is 0 Å². The lowest BCUT2D eigenvalue weighted by Crippen LogP contribution is -2.04. The molecule has 3 rings (SSSR count). The fraction of sp³-hybridized carbons (Fsp3) is 0.333. The number of hydrogen-bond acceptors (Lipinski definition) is 3. The third-order valence-corrected chi connectivity index (χ3v) is 3.95. The molecule has 21 heavy (non-hydrogen) atoms. The monoisotopic (exact) mass is 283 g/mol. The van der Waals surface area contributed by atoms with Gasteiger partial charge in [-0.15, -0.1) is 0 Å². The summed E-state index contributed by atoms with van der Waals surface area (Å²) in [7, 11) is 3.36. The number of hydrogen-bond donors (Lipinski definition) is 1. The molecular formula is C18H21NO2. The third kappa shape index (κ3) is 3.13. The maximum absolute atomic E-state index is 5.41. The minimum atomic E-state index is 0.759. The Kier molecular flexibility index (Phi) is 4.00. The number of anilines is 1. The third-order valence-electron chi connectivity index (χ3n) is 3.95. The molecule has 0 bridgehead atoms. The van der Waals surface area contributed by atoms with Gasteiger partial charge in [0.1, 0.15) is 11.5 Å². The van der Waals surface area contributed by atoms with Gasteiger partial charge in [0.05, 0.1) is 19.9 Å². The van der Waals surface area contributed by atoms with Crippen molar-refractivity contribution in [2.45, 2.75) is 25.3 Å². The maximum Gasteiger partial charge on any atom is 0.142 e. The average Bonchev–Trinajstić information content (AvgIpc) is 3.37. The number of benzene rings is 2. The summed E-state index contributed by atoms with van der Waals surface area (Å²) in [6, 6.07) is 14.5. The first-order valence-electron chi connectivity index (χ1n) is 7.35. The number of rotatable bonds is 6. The molecule has 1 saturated carbocycles. The summed E-state index contributed by atoms with van der Waals surface area (Å²) in [6.45, 7) is 0.802. The minimum Gasteiger partial charge on any atom is -0.497 e. The smallest absolute Gasteiger partial charge is 0.142 e. The topological polar surface area (TPSA) is 30.5 Å². The highest BCUT2D eigenvalue weighted by molar-refractivity contribution is 5.60. The van der Waals surface area contributed by atoms with E-state index in [1.165, 1.54) is 24.0 Å². The van der Waals surface area contributed by atoms with Crippen molar-refractivity contribution < 1.29 is 9.47 Å². The van der Waals surface area contributed by atoms with E-state index >= 15 is 0 Å². The predicted octanol–water partition coefficient (Wildman–Crippen LogP) is 4.19. The van der Waals surface area contributed by atoms with Crippen molar-refractivity contribution in [1.82, 2.24) is 0 Å². The second kappa shape index (κ2) is 6.08. The van der Waals surface area contributed by atoms with Crippen LogP contribution in [0.5, 0.6) is 11.5 Å². The van der Waals surface area contributed by atoms with Gasteiger partial charge in [-0.3, -0.25) is 0 Å². The van der Waals surface area contributed by atoms with E-state index in [1.54, 1.807) is 14.2 Å². The van der Waals surface area contributed by atoms with Gasteiger partial charge in [-0.05, 0) is 42.0 Å². The van der Waals surface area contributed by atoms with Gasteiger partial charge in [-0.2, -0.15) is 0 Å². The molecule has 0 saturated heterocycles. The highest BCUT2D eigenvalue weighted by atomic mass is 16.5. The summed E-state index contributed by atoms with van der Waals surface area (Å²) in [6.07, 6.45) is 2.64. The SMILES string of the molecule is COc1ccc(OC)c(NCc2ccccc2C2CC2)c1. The highest BCUT2D eigenvalue weighted by Crippen LogP contribution is 2.41. The molecule has 0 radical (unpaired) electrons. The van der Waals surface area contributed by atoms with Crippen LogP contribution in [-0.4, -0.2) is 14.2 Å². The Bertz CT molecular complexity index is 620. The molecule has 1 fully saturated rings. The van der Waals surface area contributed by atoms with Crippen molar-refractivity contribution in [3.63, 3.8) is 0 Å². The summed E-state index contributed by atoms with van der Waals surface area (Å²) < 4.78 is 10.7. The van der Waals surface area contributed by atoms with E-state index in [9.17, 15) is 0 Å². The van der Waals surface area contributed by atoms with E-state index in [4.69, 9.17) is 9.47 Å². The Morgan fingerprint density at radius 2 is 1.86 bits per heavy atom. The van der Waals surface area contributed by atoms with Crippen molar-refractivity contribution in [3.05, 3.63) is 53.6 Å². The summed E-state index contributed by atoms with van der Waals surface area (Å²) in [5, 5.41) is 3.47. The second-order valence-electron chi connectivity index (χ2n) is 5.39. The van der Waals surface area contributed by atoms with Crippen molar-refractivity contribution >= 4 is 5.69 Å². The summed E-state index contributed by atoms with van der Waals surface area (Å²) >= 11 is 0. The van der Waals surface area contributed by atoms with Gasteiger partial charge in [0, 0.05) is 12.6 Å². The highest BCUT2D eigenvalue weighted by Gasteiger charge is 2.25. The van der Waals surface area contributed by atoms with Crippen LogP contribution in [0.15, 0.2) is 42.5 Å². The molecule has 0 aromatic heterocycles. The Hall–Kier alpha value is -2.16. The minimum absolute atomic E-state index is 0.759. The molecule has 110 valence electrons. The van der Waals surface area contributed by atoms with Crippen LogP contribution < -0.4 is 14.8 Å². The van der Waals surface area contributed by atoms with E-state index in [1.807, 2.05) is 18.2 Å². The Balaban J connectivity index is 1.78. The van der Waals surface area contributed by atoms with E-state index in [0.717, 1.165) is 29.6 Å². The van der Waals surface area contributed by atoms with Crippen LogP contribution in [0.1, 0.15) is 29.9 Å². The molecule has 3 heteroatoms. The number of ether oxygens (including phenoxy) is 2. The van der Waals surface area contributed by atoms with Crippen molar-refractivity contribution in [1.29, 1.82) is 0 Å². The molecule has 0 amide bonds. The molecule has 1 N–H and O–H groups in total. The predicted molar refractivity (Wildman–Crippen MR) is 85.3 cm³/mol. The van der Waals surface area contributed by atoms with E-state index in [2.05, 4.69) is 29.6 Å². The van der Waals surface area contributed by atoms with Gasteiger partial charge in [0.25, 0.3) is 0 Å². The molecule has 0 aliphatic heterocycles. The lowest BCUT2D eigenvalue weighted by Gasteiger charge is -2.14. The van der Waals surface area contributed by atoms with Crippen LogP contribution in [0.25, 0.3) is 0 Å². The molecule has 0 heterocycles. The average molecular weight is 283 g/mol. The first-order chi connectivity index (χ1) is 10.3. The molecule has 2 aromatic rings. The molecule has 1 aliphatic rings. The molecular weight excluding hydrogens is 262 g/mol. The molecule has 0 unspecified atom stereocenters. The van der Waals surface area contributed by atoms with E-state index < -0.39 is 0 Å². The zero-order valence-corrected chi connectivity index (χ0v) is 12.6. The lowest BCUT2D eigenvalue weighted by molar-refractivity contribution is 0.404. The Labute approximate surface area is 125 Å². The fourth-order valence-electron chi connectivity index (χ4n) is 2.63. The van der Waals surface area contributed by atoms with Gasteiger partial charge >= 0.3 is 0 Å². The largest absolute Gasteiger partial charge is 0.497 e. The van der Waals surface area contributed by atoms with Crippen LogP contribution in [0.4, 0.5) is 5.69 Å². The Morgan fingerprint density at radius 3 is 2.57 bits per heavy atom. The zero-order valence-electron chi connectivity index (χ0n) is 12.6. The summed E-state index contributed by atoms with van der Waals surface area (Å²) in [5.74, 6) is 2.42. The first kappa shape index (κ1) is 13.8. The summed E-state index contributed by atoms with van der Waals surface area (Å²) in [4.78, 5) is 0. The van der Waals surface area contributed by atoms with E-state index in [0.29, 0.717) is 0 Å². The maximum atomic E-state index is 5.41. The number of methoxy groups -OCH3 is 2. The van der Waals surface area contributed by atoms with Crippen LogP contribution in [-0.2, 0) is 6.54 Å². The first-order valence-corrected chi connectivity index (χ1v) is 7.35. The van der Waals surface area contributed by atoms with E-state index in [-0.39, 0.29) is 0 Å². The van der Waals surface area contributed by atoms with Crippen molar-refractivity contribution in [2.75, 3.05) is 19.5 Å². The fourth-order valence-corrected chi connectivity index (χ4v) is 2.63. The van der Waals surface area contributed by atoms with Gasteiger partial charge in [-0.1, -0.05) is 24.3 Å². The quantitative estimate of drug-likeness (QED) is 0.862. The zero-order chi connectivity index (χ0) is 14.7. The molecule has 0 spiro atoms. The van der Waals surface area contributed by atoms with Crippen LogP contribution in [0.3, 0.4) is 0 Å². The standard InChI is InChI=1S/C18H21NO2/c1-20-15-9-10-18(21-2)17(11-15)19-12-14-5-3-4-6-16(14)13-7-8-13/h3-6,9-11,13,19H,7-8,12H2,1-2H3. The van der Waals surface area contributed by atoms with Gasteiger partial charge in [0.15, 0.2) is 0 Å². The second-order valence-corrected chi connectivity index (χ2v) is 5.39. The molecule has 3 nitrogen and oxygen atoms in total. The molecule has 2 aromatic carbocycles. The number of nitrogens with one attached hydrogen (secondary N) is 1. The molecule has 1 aliphatic carbocycles. The van der Waals surface area contributed by atoms with Gasteiger partial charge in [0.2, 0.25) is 0 Å². The van der Waals surface area contributed by atoms with Crippen LogP contribution in [0, 0.1) is 0 Å². The van der Waals surface area contributed by atoms with Crippen LogP contribution >= 0.6 is 0 Å². The Morgan fingerprint density at radius 1 is 1.05 bits per heavy atom. The molecule has 0 atom stereocenters. The normalized spacial score (nSPS) is 13.8. The van der Waals surface area contributed by atoms with Crippen LogP contribution in [0.2, 0.25) is 0 Å². The summed E-state index contributed by atoms with van der Waals surface area (Å²) in [5.41, 5.74) is 3.80. The van der Waals surface area contributed by atoms with Gasteiger partial charge in [-0.25, -0.2) is 0 Å².